The first kappa shape index (κ1) is 32.0. The van der Waals surface area contributed by atoms with Gasteiger partial charge in [0.1, 0.15) is 0 Å². The molecule has 0 aliphatic carbocycles. The minimum Gasteiger partial charge on any atom is -0.354 e. The maximum absolute atomic E-state index is 13.5. The number of hydrogen-bond acceptors (Lipinski definition) is 6. The summed E-state index contributed by atoms with van der Waals surface area (Å²) in [6, 6.07) is 9.93. The van der Waals surface area contributed by atoms with E-state index in [0.717, 1.165) is 44.5 Å². The number of carbonyl (C=O) groups is 3. The van der Waals surface area contributed by atoms with Crippen LogP contribution in [0.25, 0.3) is 6.08 Å². The number of hydrogen-bond donors (Lipinski definition) is 1. The van der Waals surface area contributed by atoms with E-state index in [0.29, 0.717) is 22.6 Å². The molecule has 42 heavy (non-hydrogen) atoms. The van der Waals surface area contributed by atoms with E-state index in [4.69, 9.17) is 0 Å². The van der Waals surface area contributed by atoms with E-state index in [1.54, 1.807) is 6.08 Å². The van der Waals surface area contributed by atoms with Gasteiger partial charge in [0.25, 0.3) is 11.1 Å². The van der Waals surface area contributed by atoms with E-state index in [2.05, 4.69) is 26.1 Å². The third-order valence-corrected chi connectivity index (χ3v) is 11.4. The Hall–Kier alpha value is -2.95. The molecular weight excluding hydrogens is 571 g/mol. The Morgan fingerprint density at radius 1 is 1.00 bits per heavy atom. The summed E-state index contributed by atoms with van der Waals surface area (Å²) < 4.78 is 28.6. The van der Waals surface area contributed by atoms with Crippen molar-refractivity contribution in [2.45, 2.75) is 71.6 Å². The normalized spacial score (nSPS) is 18.3. The Labute approximate surface area is 254 Å². The molecule has 0 atom stereocenters. The first-order valence-electron chi connectivity index (χ1n) is 14.3. The van der Waals surface area contributed by atoms with Gasteiger partial charge in [0.2, 0.25) is 15.9 Å². The second-order valence-corrected chi connectivity index (χ2v) is 15.1. The first-order valence-corrected chi connectivity index (χ1v) is 16.6. The largest absolute Gasteiger partial charge is 0.354 e. The van der Waals surface area contributed by atoms with Crippen molar-refractivity contribution < 1.29 is 22.8 Å². The second-order valence-electron chi connectivity index (χ2n) is 12.3. The van der Waals surface area contributed by atoms with E-state index in [1.165, 1.54) is 9.87 Å². The summed E-state index contributed by atoms with van der Waals surface area (Å²) in [6.07, 6.45) is 2.54. The summed E-state index contributed by atoms with van der Waals surface area (Å²) in [6.45, 7) is 14.7. The summed E-state index contributed by atoms with van der Waals surface area (Å²) >= 11 is 0.901. The lowest BCUT2D eigenvalue weighted by Crippen LogP contribution is -2.44. The number of imide groups is 1. The Morgan fingerprint density at radius 3 is 2.12 bits per heavy atom. The molecule has 226 valence electrons. The molecule has 10 heteroatoms. The van der Waals surface area contributed by atoms with E-state index < -0.39 is 10.0 Å². The predicted octanol–water partition coefficient (Wildman–Crippen LogP) is 5.47. The van der Waals surface area contributed by atoms with Crippen LogP contribution < -0.4 is 5.32 Å². The number of carbonyl (C=O) groups excluding carboxylic acids is 3. The molecule has 1 N–H and O–H groups in total. The van der Waals surface area contributed by atoms with Gasteiger partial charge in [-0.2, -0.15) is 4.31 Å². The fraction of sp³-hybridized carbons (Fsp3) is 0.469. The van der Waals surface area contributed by atoms with Crippen LogP contribution in [0.2, 0.25) is 0 Å². The van der Waals surface area contributed by atoms with E-state index in [1.807, 2.05) is 58.0 Å². The van der Waals surface area contributed by atoms with Crippen LogP contribution in [0.3, 0.4) is 0 Å². The first-order chi connectivity index (χ1) is 19.6. The highest BCUT2D eigenvalue weighted by Crippen LogP contribution is 2.33. The molecule has 0 spiro atoms. The van der Waals surface area contributed by atoms with Crippen molar-refractivity contribution in [3.8, 4) is 0 Å². The van der Waals surface area contributed by atoms with E-state index in [9.17, 15) is 22.8 Å². The maximum Gasteiger partial charge on any atom is 0.293 e. The third-order valence-electron chi connectivity index (χ3n) is 8.30. The van der Waals surface area contributed by atoms with Gasteiger partial charge in [-0.25, -0.2) is 8.42 Å². The number of nitrogens with zero attached hydrogens (tertiary/aromatic N) is 2. The van der Waals surface area contributed by atoms with Crippen molar-refractivity contribution in [3.63, 3.8) is 0 Å². The quantitative estimate of drug-likeness (QED) is 0.417. The molecule has 2 aromatic carbocycles. The van der Waals surface area contributed by atoms with Gasteiger partial charge < -0.3 is 5.32 Å². The number of benzene rings is 2. The number of thioether (sulfide) groups is 1. The zero-order valence-corrected chi connectivity index (χ0v) is 27.2. The molecule has 2 aromatic rings. The van der Waals surface area contributed by atoms with Crippen LogP contribution in [0.15, 0.2) is 40.1 Å². The van der Waals surface area contributed by atoms with E-state index in [-0.39, 0.29) is 54.6 Å². The van der Waals surface area contributed by atoms with Crippen molar-refractivity contribution >= 4 is 44.9 Å². The summed E-state index contributed by atoms with van der Waals surface area (Å²) in [5.74, 6) is -0.884. The predicted molar refractivity (Wildman–Crippen MR) is 168 cm³/mol. The molecule has 0 aromatic heterocycles. The van der Waals surface area contributed by atoms with Crippen molar-refractivity contribution in [2.75, 3.05) is 26.2 Å². The highest BCUT2D eigenvalue weighted by atomic mass is 32.2. The summed E-state index contributed by atoms with van der Waals surface area (Å²) in [7, 11) is -3.68. The van der Waals surface area contributed by atoms with E-state index >= 15 is 0 Å². The molecular formula is C32H41N3O5S2. The molecule has 0 unspecified atom stereocenters. The van der Waals surface area contributed by atoms with Crippen LogP contribution in [0, 0.1) is 33.6 Å². The molecule has 8 nitrogen and oxygen atoms in total. The molecule has 2 heterocycles. The number of nitrogens with one attached hydrogen (secondary N) is 1. The zero-order valence-electron chi connectivity index (χ0n) is 25.5. The Bertz CT molecular complexity index is 1500. The van der Waals surface area contributed by atoms with Crippen molar-refractivity contribution in [3.05, 3.63) is 68.6 Å². The molecule has 2 aliphatic heterocycles. The minimum absolute atomic E-state index is 0.0221. The van der Waals surface area contributed by atoms with Crippen LogP contribution >= 0.6 is 11.8 Å². The van der Waals surface area contributed by atoms with Crippen molar-refractivity contribution in [2.24, 2.45) is 5.92 Å². The number of aryl methyl sites for hydroxylation is 2. The van der Waals surface area contributed by atoms with Gasteiger partial charge in [0.15, 0.2) is 0 Å². The lowest BCUT2D eigenvalue weighted by Gasteiger charge is -2.32. The Morgan fingerprint density at radius 2 is 1.57 bits per heavy atom. The van der Waals surface area contributed by atoms with Crippen LogP contribution in [0.5, 0.6) is 0 Å². The van der Waals surface area contributed by atoms with Gasteiger partial charge in [-0.05, 0) is 97.2 Å². The van der Waals surface area contributed by atoms with Gasteiger partial charge in [-0.1, -0.05) is 51.1 Å². The monoisotopic (exact) mass is 611 g/mol. The highest BCUT2D eigenvalue weighted by Gasteiger charge is 2.36. The smallest absolute Gasteiger partial charge is 0.293 e. The molecule has 4 rings (SSSR count). The number of piperidine rings is 1. The topological polar surface area (TPSA) is 104 Å². The summed E-state index contributed by atoms with van der Waals surface area (Å²) in [5, 5.41) is 2.48. The third kappa shape index (κ3) is 6.66. The lowest BCUT2D eigenvalue weighted by atomic mass is 9.87. The standard InChI is InChI=1S/C32H41N3O5S2/c1-20-18-21(2)23(4)28(22(20)3)42(39,40)34-15-12-25(13-16-34)29(36)33-14-17-35-30(37)27(41-31(35)38)19-24-8-10-26(11-9-24)32(5,6)7/h8-11,18-19,25H,12-17H2,1-7H3,(H,33,36)/b27-19+. The average Bonchev–Trinajstić information content (AvgIpc) is 3.19. The molecule has 0 saturated carbocycles. The minimum atomic E-state index is -3.68. The molecule has 2 fully saturated rings. The Balaban J connectivity index is 1.30. The van der Waals surface area contributed by atoms with Crippen LogP contribution in [-0.4, -0.2) is 60.9 Å². The van der Waals surface area contributed by atoms with Crippen molar-refractivity contribution in [1.82, 2.24) is 14.5 Å². The van der Waals surface area contributed by atoms with Crippen LogP contribution in [0.1, 0.15) is 67.0 Å². The molecule has 0 radical (unpaired) electrons. The fourth-order valence-corrected chi connectivity index (χ4v) is 8.32. The fourth-order valence-electron chi connectivity index (χ4n) is 5.41. The van der Waals surface area contributed by atoms with Gasteiger partial charge in [0, 0.05) is 32.1 Å². The zero-order chi connectivity index (χ0) is 31.0. The second kappa shape index (κ2) is 12.3. The SMILES string of the molecule is Cc1cc(C)c(C)c(S(=O)(=O)N2CCC(C(=O)NCCN3C(=O)S/C(=C/c4ccc(C(C)(C)C)cc4)C3=O)CC2)c1C. The van der Waals surface area contributed by atoms with Gasteiger partial charge >= 0.3 is 0 Å². The average molecular weight is 612 g/mol. The van der Waals surface area contributed by atoms with Crippen LogP contribution in [-0.2, 0) is 25.0 Å². The maximum atomic E-state index is 13.5. The number of amides is 3. The van der Waals surface area contributed by atoms with Gasteiger partial charge in [-0.15, -0.1) is 0 Å². The van der Waals surface area contributed by atoms with Gasteiger partial charge in [0.05, 0.1) is 9.80 Å². The molecule has 3 amide bonds. The summed E-state index contributed by atoms with van der Waals surface area (Å²) in [5.41, 5.74) is 5.46. The lowest BCUT2D eigenvalue weighted by molar-refractivity contribution is -0.127. The number of rotatable bonds is 7. The van der Waals surface area contributed by atoms with Gasteiger partial charge in [-0.3, -0.25) is 19.3 Å². The molecule has 0 bridgehead atoms. The summed E-state index contributed by atoms with van der Waals surface area (Å²) in [4.78, 5) is 40.2. The Kier molecular flexibility index (Phi) is 9.40. The number of sulfonamides is 1. The highest BCUT2D eigenvalue weighted by molar-refractivity contribution is 8.18. The molecule has 2 aliphatic rings. The van der Waals surface area contributed by atoms with Crippen molar-refractivity contribution in [1.29, 1.82) is 0 Å². The van der Waals surface area contributed by atoms with Crippen LogP contribution in [0.4, 0.5) is 4.79 Å². The molecule has 2 saturated heterocycles.